The van der Waals surface area contributed by atoms with Crippen LogP contribution < -0.4 is 4.74 Å². The van der Waals surface area contributed by atoms with E-state index in [-0.39, 0.29) is 18.3 Å². The molecule has 0 aromatic heterocycles. The minimum absolute atomic E-state index is 0.151. The smallest absolute Gasteiger partial charge is 0.313 e. The second-order valence-electron chi connectivity index (χ2n) is 3.75. The van der Waals surface area contributed by atoms with Crippen LogP contribution in [0.3, 0.4) is 0 Å². The maximum absolute atomic E-state index is 11.4. The van der Waals surface area contributed by atoms with Gasteiger partial charge in [0.15, 0.2) is 0 Å². The van der Waals surface area contributed by atoms with Crippen LogP contribution in [0.5, 0.6) is 5.75 Å². The third kappa shape index (κ3) is 3.38. The first-order valence-corrected chi connectivity index (χ1v) is 5.02. The molecule has 1 aromatic rings. The number of rotatable bonds is 4. The summed E-state index contributed by atoms with van der Waals surface area (Å²) in [6, 6.07) is 6.65. The highest BCUT2D eigenvalue weighted by Crippen LogP contribution is 2.19. The van der Waals surface area contributed by atoms with Gasteiger partial charge in [0.25, 0.3) is 0 Å². The van der Waals surface area contributed by atoms with Crippen LogP contribution in [-0.2, 0) is 16.0 Å². The Bertz CT molecular complexity index is 396. The van der Waals surface area contributed by atoms with E-state index in [2.05, 4.69) is 0 Å². The molecule has 0 spiro atoms. The lowest BCUT2D eigenvalue weighted by Crippen LogP contribution is -2.16. The topological polar surface area (TPSA) is 63.6 Å². The molecule has 0 radical (unpaired) electrons. The molecule has 0 aliphatic carbocycles. The summed E-state index contributed by atoms with van der Waals surface area (Å²) in [6.45, 7) is 3.45. The van der Waals surface area contributed by atoms with Gasteiger partial charge < -0.3 is 9.84 Å². The maximum atomic E-state index is 11.4. The largest absolute Gasteiger partial charge is 0.481 e. The summed E-state index contributed by atoms with van der Waals surface area (Å²) < 4.78 is 5.11. The lowest BCUT2D eigenvalue weighted by atomic mass is 10.1. The molecular weight excluding hydrogens is 208 g/mol. The SMILES string of the molecule is CC(C)C(=O)Oc1ccccc1CC(=O)O. The van der Waals surface area contributed by atoms with Crippen LogP contribution in [-0.4, -0.2) is 17.0 Å². The van der Waals surface area contributed by atoms with Crippen molar-refractivity contribution in [3.8, 4) is 5.75 Å². The Labute approximate surface area is 93.9 Å². The van der Waals surface area contributed by atoms with Gasteiger partial charge in [0.05, 0.1) is 12.3 Å². The van der Waals surface area contributed by atoms with Gasteiger partial charge in [-0.2, -0.15) is 0 Å². The van der Waals surface area contributed by atoms with E-state index in [1.807, 2.05) is 0 Å². The highest BCUT2D eigenvalue weighted by atomic mass is 16.5. The number of carboxylic acid groups (broad SMARTS) is 1. The molecule has 1 N–H and O–H groups in total. The second kappa shape index (κ2) is 5.30. The van der Waals surface area contributed by atoms with E-state index in [0.29, 0.717) is 11.3 Å². The first-order valence-electron chi connectivity index (χ1n) is 5.02. The molecule has 1 aromatic carbocycles. The number of hydrogen-bond acceptors (Lipinski definition) is 3. The number of hydrogen-bond donors (Lipinski definition) is 1. The van der Waals surface area contributed by atoms with Crippen molar-refractivity contribution in [3.05, 3.63) is 29.8 Å². The van der Waals surface area contributed by atoms with Crippen LogP contribution in [0.4, 0.5) is 0 Å². The molecule has 0 heterocycles. The molecule has 4 heteroatoms. The van der Waals surface area contributed by atoms with E-state index in [1.165, 1.54) is 0 Å². The Hall–Kier alpha value is -1.84. The number of ether oxygens (including phenoxy) is 1. The molecule has 86 valence electrons. The van der Waals surface area contributed by atoms with E-state index < -0.39 is 5.97 Å². The van der Waals surface area contributed by atoms with Gasteiger partial charge in [-0.25, -0.2) is 0 Å². The van der Waals surface area contributed by atoms with E-state index in [1.54, 1.807) is 38.1 Å². The fourth-order valence-electron chi connectivity index (χ4n) is 1.14. The molecule has 0 unspecified atom stereocenters. The van der Waals surface area contributed by atoms with Crippen molar-refractivity contribution in [3.63, 3.8) is 0 Å². The van der Waals surface area contributed by atoms with Crippen LogP contribution in [0.2, 0.25) is 0 Å². The summed E-state index contributed by atoms with van der Waals surface area (Å²) in [4.78, 5) is 22.0. The average Bonchev–Trinajstić information content (AvgIpc) is 2.20. The Morgan fingerprint density at radius 1 is 1.31 bits per heavy atom. The molecule has 4 nitrogen and oxygen atoms in total. The van der Waals surface area contributed by atoms with Crippen LogP contribution in [0.15, 0.2) is 24.3 Å². The highest BCUT2D eigenvalue weighted by molar-refractivity contribution is 5.76. The fraction of sp³-hybridized carbons (Fsp3) is 0.333. The second-order valence-corrected chi connectivity index (χ2v) is 3.75. The number of esters is 1. The lowest BCUT2D eigenvalue weighted by molar-refractivity contribution is -0.139. The van der Waals surface area contributed by atoms with Gasteiger partial charge >= 0.3 is 11.9 Å². The van der Waals surface area contributed by atoms with Gasteiger partial charge in [0, 0.05) is 5.56 Å². The molecule has 0 aliphatic rings. The van der Waals surface area contributed by atoms with Gasteiger partial charge in [-0.3, -0.25) is 9.59 Å². The number of aliphatic carboxylic acids is 1. The third-order valence-corrected chi connectivity index (χ3v) is 2.00. The van der Waals surface area contributed by atoms with Crippen LogP contribution in [0.25, 0.3) is 0 Å². The quantitative estimate of drug-likeness (QED) is 0.624. The molecule has 0 saturated carbocycles. The van der Waals surface area contributed by atoms with Crippen molar-refractivity contribution >= 4 is 11.9 Å². The van der Waals surface area contributed by atoms with Gasteiger partial charge in [0.2, 0.25) is 0 Å². The molecule has 1 rings (SSSR count). The molecule has 0 atom stereocenters. The third-order valence-electron chi connectivity index (χ3n) is 2.00. The normalized spacial score (nSPS) is 10.2. The van der Waals surface area contributed by atoms with Crippen molar-refractivity contribution in [1.29, 1.82) is 0 Å². The lowest BCUT2D eigenvalue weighted by Gasteiger charge is -2.09. The number of carboxylic acids is 1. The zero-order valence-electron chi connectivity index (χ0n) is 9.27. The summed E-state index contributed by atoms with van der Waals surface area (Å²) in [6.07, 6.45) is -0.151. The van der Waals surface area contributed by atoms with Crippen molar-refractivity contribution < 1.29 is 19.4 Å². The molecule has 0 saturated heterocycles. The number of carbonyl (C=O) groups excluding carboxylic acids is 1. The van der Waals surface area contributed by atoms with E-state index in [0.717, 1.165) is 0 Å². The minimum atomic E-state index is -0.951. The fourth-order valence-corrected chi connectivity index (χ4v) is 1.14. The Balaban J connectivity index is 2.86. The number of benzene rings is 1. The van der Waals surface area contributed by atoms with Crippen LogP contribution >= 0.6 is 0 Å². The monoisotopic (exact) mass is 222 g/mol. The minimum Gasteiger partial charge on any atom is -0.481 e. The molecule has 0 bridgehead atoms. The summed E-state index contributed by atoms with van der Waals surface area (Å²) in [7, 11) is 0. The molecular formula is C12H14O4. The highest BCUT2D eigenvalue weighted by Gasteiger charge is 2.13. The first kappa shape index (κ1) is 12.2. The standard InChI is InChI=1S/C12H14O4/c1-8(2)12(15)16-10-6-4-3-5-9(10)7-11(13)14/h3-6,8H,7H2,1-2H3,(H,13,14). The zero-order chi connectivity index (χ0) is 12.1. The van der Waals surface area contributed by atoms with Crippen molar-refractivity contribution in [2.24, 2.45) is 5.92 Å². The van der Waals surface area contributed by atoms with Crippen molar-refractivity contribution in [1.82, 2.24) is 0 Å². The zero-order valence-corrected chi connectivity index (χ0v) is 9.27. The summed E-state index contributed by atoms with van der Waals surface area (Å²) >= 11 is 0. The van der Waals surface area contributed by atoms with Gasteiger partial charge in [0.1, 0.15) is 5.75 Å². The van der Waals surface area contributed by atoms with Crippen molar-refractivity contribution in [2.75, 3.05) is 0 Å². The van der Waals surface area contributed by atoms with Gasteiger partial charge in [-0.05, 0) is 6.07 Å². The molecule has 0 fully saturated rings. The number of carbonyl (C=O) groups is 2. The maximum Gasteiger partial charge on any atom is 0.313 e. The predicted molar refractivity (Wildman–Crippen MR) is 58.3 cm³/mol. The molecule has 16 heavy (non-hydrogen) atoms. The van der Waals surface area contributed by atoms with E-state index in [9.17, 15) is 9.59 Å². The first-order chi connectivity index (χ1) is 7.50. The Morgan fingerprint density at radius 2 is 1.94 bits per heavy atom. The summed E-state index contributed by atoms with van der Waals surface area (Å²) in [5, 5.41) is 8.69. The molecule has 0 amide bonds. The van der Waals surface area contributed by atoms with E-state index in [4.69, 9.17) is 9.84 Å². The van der Waals surface area contributed by atoms with E-state index >= 15 is 0 Å². The van der Waals surface area contributed by atoms with Crippen molar-refractivity contribution in [2.45, 2.75) is 20.3 Å². The van der Waals surface area contributed by atoms with Crippen LogP contribution in [0.1, 0.15) is 19.4 Å². The Morgan fingerprint density at radius 3 is 2.50 bits per heavy atom. The van der Waals surface area contributed by atoms with Crippen LogP contribution in [0, 0.1) is 5.92 Å². The Kier molecular flexibility index (Phi) is 4.05. The van der Waals surface area contributed by atoms with Gasteiger partial charge in [-0.1, -0.05) is 32.0 Å². The molecule has 0 aliphatic heterocycles. The van der Waals surface area contributed by atoms with Gasteiger partial charge in [-0.15, -0.1) is 0 Å². The average molecular weight is 222 g/mol. The summed E-state index contributed by atoms with van der Waals surface area (Å²) in [5.74, 6) is -1.23. The predicted octanol–water partition coefficient (Wildman–Crippen LogP) is 1.88. The summed E-state index contributed by atoms with van der Waals surface area (Å²) in [5.41, 5.74) is 0.504. The number of para-hydroxylation sites is 1.